The van der Waals surface area contributed by atoms with Gasteiger partial charge in [-0.1, -0.05) is 23.8 Å². The summed E-state index contributed by atoms with van der Waals surface area (Å²) in [6.07, 6.45) is 9.18. The van der Waals surface area contributed by atoms with Crippen molar-refractivity contribution in [3.63, 3.8) is 0 Å². The maximum atomic E-state index is 11.8. The monoisotopic (exact) mass is 331 g/mol. The van der Waals surface area contributed by atoms with Gasteiger partial charge in [0.25, 0.3) is 5.69 Å². The van der Waals surface area contributed by atoms with Crippen molar-refractivity contribution in [2.24, 2.45) is 0 Å². The fourth-order valence-electron chi connectivity index (χ4n) is 2.84. The van der Waals surface area contributed by atoms with Crippen LogP contribution in [0.1, 0.15) is 44.9 Å². The summed E-state index contributed by atoms with van der Waals surface area (Å²) in [4.78, 5) is 22.3. The Hall–Kier alpha value is -2.37. The number of anilines is 1. The molecular formula is C18H25N3O3. The predicted molar refractivity (Wildman–Crippen MR) is 95.0 cm³/mol. The molecule has 130 valence electrons. The predicted octanol–water partition coefficient (Wildman–Crippen LogP) is 3.79. The molecule has 0 spiro atoms. The Morgan fingerprint density at radius 2 is 2.04 bits per heavy atom. The smallest absolute Gasteiger partial charge is 0.292 e. The summed E-state index contributed by atoms with van der Waals surface area (Å²) in [5.41, 5.74) is 2.01. The normalized spacial score (nSPS) is 13.9. The molecule has 0 saturated heterocycles. The maximum absolute atomic E-state index is 11.8. The highest BCUT2D eigenvalue weighted by Gasteiger charge is 2.11. The van der Waals surface area contributed by atoms with Crippen LogP contribution in [-0.4, -0.2) is 23.9 Å². The number of rotatable bonds is 9. The van der Waals surface area contributed by atoms with Gasteiger partial charge in [-0.3, -0.25) is 14.9 Å². The number of nitro benzene ring substituents is 1. The van der Waals surface area contributed by atoms with Crippen molar-refractivity contribution < 1.29 is 9.72 Å². The average molecular weight is 331 g/mol. The molecule has 1 aliphatic carbocycles. The van der Waals surface area contributed by atoms with Gasteiger partial charge in [0, 0.05) is 25.6 Å². The molecule has 2 rings (SSSR count). The molecule has 0 saturated carbocycles. The van der Waals surface area contributed by atoms with Gasteiger partial charge in [-0.25, -0.2) is 0 Å². The third-order valence-electron chi connectivity index (χ3n) is 4.15. The Kier molecular flexibility index (Phi) is 7.26. The van der Waals surface area contributed by atoms with Gasteiger partial charge < -0.3 is 10.6 Å². The Balaban J connectivity index is 1.61. The number of allylic oxidation sites excluding steroid dienone is 1. The molecule has 24 heavy (non-hydrogen) atoms. The first-order chi connectivity index (χ1) is 11.7. The van der Waals surface area contributed by atoms with E-state index in [-0.39, 0.29) is 11.6 Å². The summed E-state index contributed by atoms with van der Waals surface area (Å²) in [5.74, 6) is 0.0378. The molecule has 0 radical (unpaired) electrons. The number of carbonyl (C=O) groups excluding carboxylic acids is 1. The van der Waals surface area contributed by atoms with Gasteiger partial charge >= 0.3 is 0 Å². The van der Waals surface area contributed by atoms with Gasteiger partial charge in [0.1, 0.15) is 5.69 Å². The van der Waals surface area contributed by atoms with Gasteiger partial charge in [0.05, 0.1) is 4.92 Å². The first-order valence-electron chi connectivity index (χ1n) is 8.58. The average Bonchev–Trinajstić information content (AvgIpc) is 2.60. The molecule has 1 aromatic carbocycles. The molecule has 1 aliphatic rings. The van der Waals surface area contributed by atoms with E-state index in [9.17, 15) is 14.9 Å². The SMILES string of the molecule is O=C(CCCNc1ccccc1[N+](=O)[O-])NCCC1=CCCCC1. The maximum Gasteiger partial charge on any atom is 0.292 e. The van der Waals surface area contributed by atoms with E-state index in [4.69, 9.17) is 0 Å². The van der Waals surface area contributed by atoms with Crippen molar-refractivity contribution >= 4 is 17.3 Å². The minimum absolute atomic E-state index is 0.0378. The largest absolute Gasteiger partial charge is 0.379 e. The van der Waals surface area contributed by atoms with Crippen LogP contribution in [0.25, 0.3) is 0 Å². The molecule has 0 aliphatic heterocycles. The number of nitrogens with zero attached hydrogens (tertiary/aromatic N) is 1. The molecule has 1 amide bonds. The van der Waals surface area contributed by atoms with Crippen LogP contribution in [0.5, 0.6) is 0 Å². The van der Waals surface area contributed by atoms with E-state index in [1.807, 2.05) is 0 Å². The second-order valence-electron chi connectivity index (χ2n) is 6.01. The minimum atomic E-state index is -0.408. The first-order valence-corrected chi connectivity index (χ1v) is 8.58. The zero-order valence-electron chi connectivity index (χ0n) is 13.9. The lowest BCUT2D eigenvalue weighted by molar-refractivity contribution is -0.384. The van der Waals surface area contributed by atoms with Crippen LogP contribution in [0, 0.1) is 10.1 Å². The van der Waals surface area contributed by atoms with Crippen LogP contribution < -0.4 is 10.6 Å². The van der Waals surface area contributed by atoms with Crippen molar-refractivity contribution in [3.05, 3.63) is 46.0 Å². The second kappa shape index (κ2) is 9.70. The van der Waals surface area contributed by atoms with Gasteiger partial charge in [-0.2, -0.15) is 0 Å². The second-order valence-corrected chi connectivity index (χ2v) is 6.01. The van der Waals surface area contributed by atoms with Crippen molar-refractivity contribution in [3.8, 4) is 0 Å². The third-order valence-corrected chi connectivity index (χ3v) is 4.15. The highest BCUT2D eigenvalue weighted by atomic mass is 16.6. The minimum Gasteiger partial charge on any atom is -0.379 e. The molecule has 0 aromatic heterocycles. The van der Waals surface area contributed by atoms with E-state index >= 15 is 0 Å². The van der Waals surface area contributed by atoms with Gasteiger partial charge in [-0.05, 0) is 44.6 Å². The van der Waals surface area contributed by atoms with Gasteiger partial charge in [0.2, 0.25) is 5.91 Å². The van der Waals surface area contributed by atoms with Crippen molar-refractivity contribution in [2.75, 3.05) is 18.4 Å². The lowest BCUT2D eigenvalue weighted by Crippen LogP contribution is -2.25. The fraction of sp³-hybridized carbons (Fsp3) is 0.500. The lowest BCUT2D eigenvalue weighted by Gasteiger charge is -2.13. The Labute approximate surface area is 142 Å². The van der Waals surface area contributed by atoms with Crippen molar-refractivity contribution in [1.29, 1.82) is 0 Å². The summed E-state index contributed by atoms with van der Waals surface area (Å²) in [5, 5.41) is 16.9. The Morgan fingerprint density at radius 1 is 1.21 bits per heavy atom. The van der Waals surface area contributed by atoms with Crippen LogP contribution in [0.3, 0.4) is 0 Å². The van der Waals surface area contributed by atoms with E-state index in [1.165, 1.54) is 30.9 Å². The van der Waals surface area contributed by atoms with Gasteiger partial charge in [0.15, 0.2) is 0 Å². The van der Waals surface area contributed by atoms with E-state index < -0.39 is 4.92 Å². The topological polar surface area (TPSA) is 84.3 Å². The number of hydrogen-bond acceptors (Lipinski definition) is 4. The number of nitrogens with one attached hydrogen (secondary N) is 2. The highest BCUT2D eigenvalue weighted by Crippen LogP contribution is 2.23. The fourth-order valence-corrected chi connectivity index (χ4v) is 2.84. The van der Waals surface area contributed by atoms with E-state index in [0.29, 0.717) is 31.6 Å². The third kappa shape index (κ3) is 6.02. The van der Waals surface area contributed by atoms with Crippen LogP contribution in [0.15, 0.2) is 35.9 Å². The number of carbonyl (C=O) groups is 1. The summed E-state index contributed by atoms with van der Waals surface area (Å²) in [6.45, 7) is 1.23. The number of amides is 1. The van der Waals surface area contributed by atoms with E-state index in [2.05, 4.69) is 16.7 Å². The Bertz CT molecular complexity index is 599. The van der Waals surface area contributed by atoms with E-state index in [1.54, 1.807) is 18.2 Å². The molecule has 6 nitrogen and oxygen atoms in total. The zero-order valence-corrected chi connectivity index (χ0v) is 13.9. The number of hydrogen-bond donors (Lipinski definition) is 2. The summed E-state index contributed by atoms with van der Waals surface area (Å²) in [7, 11) is 0. The molecule has 6 heteroatoms. The zero-order chi connectivity index (χ0) is 17.2. The van der Waals surface area contributed by atoms with Crippen LogP contribution >= 0.6 is 0 Å². The first kappa shape index (κ1) is 18.0. The lowest BCUT2D eigenvalue weighted by atomic mass is 9.97. The van der Waals surface area contributed by atoms with Crippen LogP contribution in [0.4, 0.5) is 11.4 Å². The number of benzene rings is 1. The molecule has 1 aromatic rings. The molecule has 0 unspecified atom stereocenters. The molecular weight excluding hydrogens is 306 g/mol. The number of nitro groups is 1. The Morgan fingerprint density at radius 3 is 2.79 bits per heavy atom. The van der Waals surface area contributed by atoms with Crippen LogP contribution in [-0.2, 0) is 4.79 Å². The summed E-state index contributed by atoms with van der Waals surface area (Å²) < 4.78 is 0. The molecule has 0 atom stereocenters. The highest BCUT2D eigenvalue weighted by molar-refractivity contribution is 5.75. The van der Waals surface area contributed by atoms with Gasteiger partial charge in [-0.15, -0.1) is 0 Å². The molecule has 0 fully saturated rings. The van der Waals surface area contributed by atoms with Crippen molar-refractivity contribution in [1.82, 2.24) is 5.32 Å². The van der Waals surface area contributed by atoms with Crippen molar-refractivity contribution in [2.45, 2.75) is 44.9 Å². The standard InChI is InChI=1S/C18H25N3O3/c22-18(20-14-12-15-7-2-1-3-8-15)11-6-13-19-16-9-4-5-10-17(16)21(23)24/h4-5,7,9-10,19H,1-3,6,8,11-14H2,(H,20,22). The molecule has 0 bridgehead atoms. The summed E-state index contributed by atoms with van der Waals surface area (Å²) >= 11 is 0. The molecule has 0 heterocycles. The van der Waals surface area contributed by atoms with Crippen LogP contribution in [0.2, 0.25) is 0 Å². The number of para-hydroxylation sites is 2. The van der Waals surface area contributed by atoms with E-state index in [0.717, 1.165) is 12.8 Å². The molecule has 2 N–H and O–H groups in total. The summed E-state index contributed by atoms with van der Waals surface area (Å²) in [6, 6.07) is 6.53. The quantitative estimate of drug-likeness (QED) is 0.312.